The Morgan fingerprint density at radius 1 is 1.00 bits per heavy atom. The van der Waals surface area contributed by atoms with Gasteiger partial charge in [0.05, 0.1) is 16.9 Å². The van der Waals surface area contributed by atoms with Gasteiger partial charge in [-0.3, -0.25) is 0 Å². The van der Waals surface area contributed by atoms with Crippen molar-refractivity contribution in [2.45, 2.75) is 0 Å². The number of carboxylic acid groups (broad SMARTS) is 1. The van der Waals surface area contributed by atoms with Gasteiger partial charge in [0, 0.05) is 0 Å². The lowest BCUT2D eigenvalue weighted by Gasteiger charge is -2.10. The number of benzene rings is 2. The fourth-order valence-corrected chi connectivity index (χ4v) is 1.61. The average molecular weight is 290 g/mol. The van der Waals surface area contributed by atoms with Gasteiger partial charge in [0.15, 0.2) is 0 Å². The second-order valence-corrected chi connectivity index (χ2v) is 4.10. The van der Waals surface area contributed by atoms with Crippen molar-refractivity contribution in [2.75, 3.05) is 10.6 Å². The number of para-hydroxylation sites is 1. The van der Waals surface area contributed by atoms with Crippen LogP contribution in [0.15, 0.2) is 42.5 Å². The minimum absolute atomic E-state index is 0.00818. The highest BCUT2D eigenvalue weighted by atomic mass is 19.1. The van der Waals surface area contributed by atoms with Gasteiger partial charge in [-0.25, -0.2) is 14.0 Å². The topological polar surface area (TPSA) is 98.7 Å². The van der Waals surface area contributed by atoms with Crippen LogP contribution >= 0.6 is 0 Å². The second kappa shape index (κ2) is 5.91. The SMILES string of the molecule is O=C(Nc1ccc(C(=O)O)cc1O)Nc1ccccc1F. The number of nitrogens with one attached hydrogen (secondary N) is 2. The summed E-state index contributed by atoms with van der Waals surface area (Å²) in [4.78, 5) is 22.4. The number of phenols is 1. The maximum absolute atomic E-state index is 13.4. The highest BCUT2D eigenvalue weighted by molar-refractivity contribution is 6.01. The Kier molecular flexibility index (Phi) is 4.03. The summed E-state index contributed by atoms with van der Waals surface area (Å²) >= 11 is 0. The highest BCUT2D eigenvalue weighted by Crippen LogP contribution is 2.24. The van der Waals surface area contributed by atoms with Gasteiger partial charge in [-0.05, 0) is 30.3 Å². The van der Waals surface area contributed by atoms with E-state index in [0.717, 1.165) is 6.07 Å². The molecule has 108 valence electrons. The van der Waals surface area contributed by atoms with E-state index in [4.69, 9.17) is 5.11 Å². The summed E-state index contributed by atoms with van der Waals surface area (Å²) in [5, 5.41) is 22.9. The van der Waals surface area contributed by atoms with Crippen molar-refractivity contribution >= 4 is 23.4 Å². The number of hydrogen-bond donors (Lipinski definition) is 4. The summed E-state index contributed by atoms with van der Waals surface area (Å²) in [5.41, 5.74) is -0.127. The summed E-state index contributed by atoms with van der Waals surface area (Å²) in [7, 11) is 0. The number of halogens is 1. The maximum Gasteiger partial charge on any atom is 0.335 e. The number of carbonyl (C=O) groups excluding carboxylic acids is 1. The van der Waals surface area contributed by atoms with Crippen LogP contribution in [0, 0.1) is 5.82 Å². The molecule has 0 radical (unpaired) electrons. The fraction of sp³-hybridized carbons (Fsp3) is 0. The molecule has 0 aliphatic rings. The molecule has 0 saturated carbocycles. The lowest BCUT2D eigenvalue weighted by Crippen LogP contribution is -2.20. The summed E-state index contributed by atoms with van der Waals surface area (Å²) in [6.07, 6.45) is 0. The summed E-state index contributed by atoms with van der Waals surface area (Å²) in [5.74, 6) is -2.20. The molecule has 2 aromatic carbocycles. The first-order valence-electron chi connectivity index (χ1n) is 5.86. The van der Waals surface area contributed by atoms with Crippen molar-refractivity contribution in [3.63, 3.8) is 0 Å². The molecule has 21 heavy (non-hydrogen) atoms. The third-order valence-corrected chi connectivity index (χ3v) is 2.61. The molecule has 2 amide bonds. The first-order chi connectivity index (χ1) is 9.97. The molecule has 2 rings (SSSR count). The monoisotopic (exact) mass is 290 g/mol. The maximum atomic E-state index is 13.4. The molecule has 4 N–H and O–H groups in total. The van der Waals surface area contributed by atoms with Crippen LogP contribution in [0.4, 0.5) is 20.6 Å². The summed E-state index contributed by atoms with van der Waals surface area (Å²) < 4.78 is 13.4. The number of amides is 2. The molecule has 0 bridgehead atoms. The number of phenolic OH excluding ortho intramolecular Hbond substituents is 1. The Hall–Kier alpha value is -3.09. The van der Waals surface area contributed by atoms with Crippen LogP contribution in [0.1, 0.15) is 10.4 Å². The van der Waals surface area contributed by atoms with Crippen molar-refractivity contribution in [1.29, 1.82) is 0 Å². The standard InChI is InChI=1S/C14H11FN2O4/c15-9-3-1-2-4-10(9)16-14(21)17-11-6-5-8(13(19)20)7-12(11)18/h1-7,18H,(H,19,20)(H2,16,17,21). The Morgan fingerprint density at radius 3 is 2.29 bits per heavy atom. The molecule has 2 aromatic rings. The molecular weight excluding hydrogens is 279 g/mol. The number of anilines is 2. The molecule has 6 nitrogen and oxygen atoms in total. The van der Waals surface area contributed by atoms with Gasteiger partial charge in [0.1, 0.15) is 11.6 Å². The number of hydrogen-bond acceptors (Lipinski definition) is 3. The van der Waals surface area contributed by atoms with Crippen LogP contribution < -0.4 is 10.6 Å². The Balaban J connectivity index is 2.10. The van der Waals surface area contributed by atoms with Crippen LogP contribution in [0.25, 0.3) is 0 Å². The van der Waals surface area contributed by atoms with Gasteiger partial charge >= 0.3 is 12.0 Å². The van der Waals surface area contributed by atoms with E-state index in [0.29, 0.717) is 0 Å². The lowest BCUT2D eigenvalue weighted by molar-refractivity contribution is 0.0696. The van der Waals surface area contributed by atoms with Crippen LogP contribution in [0.3, 0.4) is 0 Å². The minimum Gasteiger partial charge on any atom is -0.506 e. The third kappa shape index (κ3) is 3.47. The third-order valence-electron chi connectivity index (χ3n) is 2.61. The number of rotatable bonds is 3. The first kappa shape index (κ1) is 14.3. The Bertz CT molecular complexity index is 703. The molecule has 0 saturated heterocycles. The normalized spacial score (nSPS) is 9.95. The van der Waals surface area contributed by atoms with E-state index in [-0.39, 0.29) is 16.9 Å². The first-order valence-corrected chi connectivity index (χ1v) is 5.86. The van der Waals surface area contributed by atoms with Crippen LogP contribution in [0.5, 0.6) is 5.75 Å². The van der Waals surface area contributed by atoms with Crippen molar-refractivity contribution < 1.29 is 24.2 Å². The van der Waals surface area contributed by atoms with Gasteiger partial charge < -0.3 is 20.8 Å². The van der Waals surface area contributed by atoms with E-state index in [2.05, 4.69) is 10.6 Å². The number of carboxylic acids is 1. The molecule has 0 fully saturated rings. The minimum atomic E-state index is -1.20. The van der Waals surface area contributed by atoms with Gasteiger partial charge in [0.2, 0.25) is 0 Å². The lowest BCUT2D eigenvalue weighted by atomic mass is 10.2. The van der Waals surface area contributed by atoms with E-state index < -0.39 is 23.6 Å². The van der Waals surface area contributed by atoms with Crippen LogP contribution in [-0.4, -0.2) is 22.2 Å². The summed E-state index contributed by atoms with van der Waals surface area (Å²) in [6.45, 7) is 0. The van der Waals surface area contributed by atoms with Gasteiger partial charge in [0.25, 0.3) is 0 Å². The van der Waals surface area contributed by atoms with Gasteiger partial charge in [-0.15, -0.1) is 0 Å². The molecular formula is C14H11FN2O4. The number of aromatic hydroxyl groups is 1. The van der Waals surface area contributed by atoms with Gasteiger partial charge in [-0.2, -0.15) is 0 Å². The number of carbonyl (C=O) groups is 2. The predicted octanol–water partition coefficient (Wildman–Crippen LogP) is 2.87. The smallest absolute Gasteiger partial charge is 0.335 e. The van der Waals surface area contributed by atoms with E-state index >= 15 is 0 Å². The van der Waals surface area contributed by atoms with E-state index in [1.165, 1.54) is 30.3 Å². The Morgan fingerprint density at radius 2 is 1.67 bits per heavy atom. The highest BCUT2D eigenvalue weighted by Gasteiger charge is 2.11. The second-order valence-electron chi connectivity index (χ2n) is 4.10. The molecule has 0 unspecified atom stereocenters. The zero-order chi connectivity index (χ0) is 15.4. The van der Waals surface area contributed by atoms with E-state index in [1.54, 1.807) is 6.07 Å². The number of aromatic carboxylic acids is 1. The molecule has 7 heteroatoms. The van der Waals surface area contributed by atoms with E-state index in [9.17, 15) is 19.1 Å². The molecule has 0 heterocycles. The number of urea groups is 1. The van der Waals surface area contributed by atoms with Gasteiger partial charge in [-0.1, -0.05) is 12.1 Å². The van der Waals surface area contributed by atoms with Crippen molar-refractivity contribution in [3.05, 3.63) is 53.8 Å². The fourth-order valence-electron chi connectivity index (χ4n) is 1.61. The van der Waals surface area contributed by atoms with Crippen molar-refractivity contribution in [2.24, 2.45) is 0 Å². The van der Waals surface area contributed by atoms with E-state index in [1.807, 2.05) is 0 Å². The van der Waals surface area contributed by atoms with Crippen molar-refractivity contribution in [1.82, 2.24) is 0 Å². The largest absolute Gasteiger partial charge is 0.506 e. The molecule has 0 aliphatic carbocycles. The molecule has 0 aliphatic heterocycles. The zero-order valence-corrected chi connectivity index (χ0v) is 10.6. The van der Waals surface area contributed by atoms with Crippen molar-refractivity contribution in [3.8, 4) is 5.75 Å². The average Bonchev–Trinajstić information content (AvgIpc) is 2.43. The molecule has 0 atom stereocenters. The van der Waals surface area contributed by atoms with Crippen LogP contribution in [0.2, 0.25) is 0 Å². The Labute approximate surface area is 118 Å². The predicted molar refractivity (Wildman–Crippen MR) is 74.1 cm³/mol. The van der Waals surface area contributed by atoms with Crippen LogP contribution in [-0.2, 0) is 0 Å². The summed E-state index contributed by atoms with van der Waals surface area (Å²) in [6, 6.07) is 8.30. The molecule has 0 spiro atoms. The quantitative estimate of drug-likeness (QED) is 0.653. The zero-order valence-electron chi connectivity index (χ0n) is 10.6. The molecule has 0 aromatic heterocycles.